The number of piperidine rings is 1. The van der Waals surface area contributed by atoms with E-state index in [0.29, 0.717) is 18.5 Å². The molecule has 0 saturated carbocycles. The number of nitrogens with zero attached hydrogens (tertiary/aromatic N) is 1. The van der Waals surface area contributed by atoms with Crippen molar-refractivity contribution >= 4 is 5.97 Å². The summed E-state index contributed by atoms with van der Waals surface area (Å²) < 4.78 is 0. The average Bonchev–Trinajstić information content (AvgIpc) is 2.30. The second kappa shape index (κ2) is 7.67. The molecule has 1 aliphatic heterocycles. The monoisotopic (exact) mass is 242 g/mol. The van der Waals surface area contributed by atoms with E-state index in [0.717, 1.165) is 0 Å². The van der Waals surface area contributed by atoms with Crippen LogP contribution in [0.2, 0.25) is 0 Å². The molecule has 0 spiro atoms. The summed E-state index contributed by atoms with van der Waals surface area (Å²) in [6, 6.07) is 0.443. The van der Waals surface area contributed by atoms with Gasteiger partial charge in [-0.25, -0.2) is 0 Å². The van der Waals surface area contributed by atoms with Gasteiger partial charge < -0.3 is 15.3 Å². The van der Waals surface area contributed by atoms with E-state index in [1.807, 2.05) is 0 Å². The maximum absolute atomic E-state index is 10.4. The fourth-order valence-electron chi connectivity index (χ4n) is 2.57. The van der Waals surface area contributed by atoms with Crippen LogP contribution in [0, 0.1) is 5.92 Å². The minimum absolute atomic E-state index is 0.221. The molecule has 0 amide bonds. The normalized spacial score (nSPS) is 20.4. The molecule has 1 rings (SSSR count). The van der Waals surface area contributed by atoms with E-state index >= 15 is 0 Å². The molecule has 17 heavy (non-hydrogen) atoms. The van der Waals surface area contributed by atoms with Gasteiger partial charge in [0.05, 0.1) is 6.42 Å². The van der Waals surface area contributed by atoms with Gasteiger partial charge in [0, 0.05) is 12.6 Å². The molecular weight excluding hydrogens is 216 g/mol. The summed E-state index contributed by atoms with van der Waals surface area (Å²) in [5, 5.41) is 11.9. The molecule has 0 aromatic rings. The number of nitrogens with one attached hydrogen (secondary N) is 1. The van der Waals surface area contributed by atoms with Crippen LogP contribution in [0.25, 0.3) is 0 Å². The van der Waals surface area contributed by atoms with Gasteiger partial charge in [0.15, 0.2) is 0 Å². The van der Waals surface area contributed by atoms with Gasteiger partial charge >= 0.3 is 5.97 Å². The molecule has 2 N–H and O–H groups in total. The second-order valence-corrected chi connectivity index (χ2v) is 5.07. The minimum Gasteiger partial charge on any atom is -0.481 e. The van der Waals surface area contributed by atoms with Crippen LogP contribution in [-0.4, -0.2) is 48.2 Å². The molecule has 1 unspecified atom stereocenters. The van der Waals surface area contributed by atoms with Crippen molar-refractivity contribution in [2.45, 2.75) is 45.6 Å². The molecule has 1 fully saturated rings. The van der Waals surface area contributed by atoms with E-state index in [9.17, 15) is 4.79 Å². The zero-order chi connectivity index (χ0) is 12.7. The summed E-state index contributed by atoms with van der Waals surface area (Å²) in [5.41, 5.74) is 0. The predicted octanol–water partition coefficient (Wildman–Crippen LogP) is 1.56. The molecule has 100 valence electrons. The summed E-state index contributed by atoms with van der Waals surface area (Å²) in [5.74, 6) is -0.0145. The number of hydrogen-bond donors (Lipinski definition) is 2. The molecule has 4 nitrogen and oxygen atoms in total. The van der Waals surface area contributed by atoms with Gasteiger partial charge in [-0.3, -0.25) is 4.79 Å². The van der Waals surface area contributed by atoms with E-state index in [1.165, 1.54) is 38.9 Å². The van der Waals surface area contributed by atoms with Crippen LogP contribution in [0.15, 0.2) is 0 Å². The van der Waals surface area contributed by atoms with Gasteiger partial charge in [0.1, 0.15) is 0 Å². The Morgan fingerprint density at radius 3 is 2.65 bits per heavy atom. The molecule has 0 aliphatic carbocycles. The first kappa shape index (κ1) is 14.5. The van der Waals surface area contributed by atoms with E-state index in [2.05, 4.69) is 24.1 Å². The SMILES string of the molecule is CCCN1CCC(C(C)NCCC(=O)O)CC1. The third kappa shape index (κ3) is 5.50. The highest BCUT2D eigenvalue weighted by Gasteiger charge is 2.22. The third-order valence-corrected chi connectivity index (χ3v) is 3.68. The Labute approximate surface area is 104 Å². The highest BCUT2D eigenvalue weighted by molar-refractivity contribution is 5.66. The van der Waals surface area contributed by atoms with Crippen molar-refractivity contribution in [3.63, 3.8) is 0 Å². The summed E-state index contributed by atoms with van der Waals surface area (Å²) >= 11 is 0. The lowest BCUT2D eigenvalue weighted by atomic mass is 9.90. The third-order valence-electron chi connectivity index (χ3n) is 3.68. The first-order valence-electron chi connectivity index (χ1n) is 6.81. The molecule has 4 heteroatoms. The van der Waals surface area contributed by atoms with E-state index < -0.39 is 5.97 Å². The number of carboxylic acids is 1. The minimum atomic E-state index is -0.720. The Bertz CT molecular complexity index is 225. The van der Waals surface area contributed by atoms with Gasteiger partial charge in [0.25, 0.3) is 0 Å². The Hall–Kier alpha value is -0.610. The fourth-order valence-corrected chi connectivity index (χ4v) is 2.57. The van der Waals surface area contributed by atoms with Gasteiger partial charge in [-0.05, 0) is 51.7 Å². The van der Waals surface area contributed by atoms with Crippen LogP contribution in [0.4, 0.5) is 0 Å². The highest BCUT2D eigenvalue weighted by Crippen LogP contribution is 2.20. The lowest BCUT2D eigenvalue weighted by molar-refractivity contribution is -0.136. The zero-order valence-corrected chi connectivity index (χ0v) is 11.1. The van der Waals surface area contributed by atoms with Crippen LogP contribution in [0.5, 0.6) is 0 Å². The number of carbonyl (C=O) groups is 1. The van der Waals surface area contributed by atoms with Gasteiger partial charge in [-0.15, -0.1) is 0 Å². The Kier molecular flexibility index (Phi) is 6.52. The number of hydrogen-bond acceptors (Lipinski definition) is 3. The molecule has 0 aromatic heterocycles. The Balaban J connectivity index is 2.16. The first-order chi connectivity index (χ1) is 8.13. The van der Waals surface area contributed by atoms with Crippen LogP contribution in [0.3, 0.4) is 0 Å². The van der Waals surface area contributed by atoms with Crippen molar-refractivity contribution in [2.75, 3.05) is 26.2 Å². The Morgan fingerprint density at radius 2 is 2.12 bits per heavy atom. The Morgan fingerprint density at radius 1 is 1.47 bits per heavy atom. The molecule has 1 heterocycles. The van der Waals surface area contributed by atoms with E-state index in [4.69, 9.17) is 5.11 Å². The summed E-state index contributed by atoms with van der Waals surface area (Å²) in [4.78, 5) is 13.0. The van der Waals surface area contributed by atoms with Gasteiger partial charge in [-0.1, -0.05) is 6.92 Å². The van der Waals surface area contributed by atoms with Crippen molar-refractivity contribution in [3.8, 4) is 0 Å². The first-order valence-corrected chi connectivity index (χ1v) is 6.81. The number of aliphatic carboxylic acids is 1. The summed E-state index contributed by atoms with van der Waals surface area (Å²) in [6.45, 7) is 8.61. The second-order valence-electron chi connectivity index (χ2n) is 5.07. The summed E-state index contributed by atoms with van der Waals surface area (Å²) in [7, 11) is 0. The van der Waals surface area contributed by atoms with Crippen molar-refractivity contribution in [2.24, 2.45) is 5.92 Å². The fraction of sp³-hybridized carbons (Fsp3) is 0.923. The largest absolute Gasteiger partial charge is 0.481 e. The van der Waals surface area contributed by atoms with Crippen LogP contribution < -0.4 is 5.32 Å². The van der Waals surface area contributed by atoms with E-state index in [-0.39, 0.29) is 6.42 Å². The van der Waals surface area contributed by atoms with Gasteiger partial charge in [-0.2, -0.15) is 0 Å². The van der Waals surface area contributed by atoms with Gasteiger partial charge in [0.2, 0.25) is 0 Å². The standard InChI is InChI=1S/C13H26N2O2/c1-3-8-15-9-5-12(6-10-15)11(2)14-7-4-13(16)17/h11-12,14H,3-10H2,1-2H3,(H,16,17). The lowest BCUT2D eigenvalue weighted by Crippen LogP contribution is -2.42. The zero-order valence-electron chi connectivity index (χ0n) is 11.1. The van der Waals surface area contributed by atoms with Crippen LogP contribution in [0.1, 0.15) is 39.5 Å². The maximum atomic E-state index is 10.4. The van der Waals surface area contributed by atoms with Crippen LogP contribution >= 0.6 is 0 Å². The smallest absolute Gasteiger partial charge is 0.304 e. The van der Waals surface area contributed by atoms with Crippen LogP contribution in [-0.2, 0) is 4.79 Å². The summed E-state index contributed by atoms with van der Waals surface area (Å²) in [6.07, 6.45) is 3.93. The number of rotatable bonds is 7. The molecule has 1 saturated heterocycles. The molecular formula is C13H26N2O2. The van der Waals surface area contributed by atoms with E-state index in [1.54, 1.807) is 0 Å². The van der Waals surface area contributed by atoms with Crippen molar-refractivity contribution in [3.05, 3.63) is 0 Å². The van der Waals surface area contributed by atoms with Crippen molar-refractivity contribution in [1.29, 1.82) is 0 Å². The molecule has 0 radical (unpaired) electrons. The topological polar surface area (TPSA) is 52.6 Å². The maximum Gasteiger partial charge on any atom is 0.304 e. The highest BCUT2D eigenvalue weighted by atomic mass is 16.4. The van der Waals surface area contributed by atoms with Crippen molar-refractivity contribution in [1.82, 2.24) is 10.2 Å². The quantitative estimate of drug-likeness (QED) is 0.711. The predicted molar refractivity (Wildman–Crippen MR) is 69.2 cm³/mol. The molecule has 1 aliphatic rings. The number of carboxylic acid groups (broad SMARTS) is 1. The molecule has 1 atom stereocenters. The average molecular weight is 242 g/mol. The van der Waals surface area contributed by atoms with Crippen molar-refractivity contribution < 1.29 is 9.90 Å². The molecule has 0 aromatic carbocycles. The molecule has 0 bridgehead atoms. The number of likely N-dealkylation sites (tertiary alicyclic amines) is 1. The lowest BCUT2D eigenvalue weighted by Gasteiger charge is -2.35.